The maximum atomic E-state index is 13.8. The van der Waals surface area contributed by atoms with E-state index in [0.717, 1.165) is 5.56 Å². The van der Waals surface area contributed by atoms with Gasteiger partial charge in [0.25, 0.3) is 0 Å². The average molecular weight is 669 g/mol. The van der Waals surface area contributed by atoms with Crippen LogP contribution in [0.4, 0.5) is 0 Å². The van der Waals surface area contributed by atoms with Gasteiger partial charge in [0.1, 0.15) is 49.2 Å². The molecular weight excluding hydrogens is 620 g/mol. The number of aryl methyl sites for hydroxylation is 1. The number of carbonyl (C=O) groups is 5. The fourth-order valence-electron chi connectivity index (χ4n) is 5.94. The van der Waals surface area contributed by atoms with E-state index in [1.165, 1.54) is 11.2 Å². The van der Waals surface area contributed by atoms with Crippen LogP contribution in [0.25, 0.3) is 0 Å². The first-order valence-electron chi connectivity index (χ1n) is 16.7. The Morgan fingerprint density at radius 2 is 1.83 bits per heavy atom. The molecule has 15 nitrogen and oxygen atoms in total. The van der Waals surface area contributed by atoms with Gasteiger partial charge in [-0.3, -0.25) is 28.7 Å². The minimum absolute atomic E-state index is 0.0109. The van der Waals surface area contributed by atoms with Crippen molar-refractivity contribution >= 4 is 29.5 Å². The van der Waals surface area contributed by atoms with E-state index in [9.17, 15) is 29.1 Å². The van der Waals surface area contributed by atoms with E-state index in [4.69, 9.17) is 4.74 Å². The molecule has 0 spiro atoms. The van der Waals surface area contributed by atoms with Crippen LogP contribution in [0.15, 0.2) is 36.9 Å². The SMILES string of the molecule is CC[C@@H]1NC(=O)[C@@H](NC(=O)CCCn2cncn2)Cc2ccc(cc2)OC[C@H](CC(C)C)NC(=O)[C@@H](C)NC(=O)[C@@H]2C[C@@H](O)CN2C1=O. The Bertz CT molecular complexity index is 1400. The normalized spacial score (nSPS) is 25.9. The lowest BCUT2D eigenvalue weighted by Gasteiger charge is -2.30. The molecule has 6 atom stereocenters. The number of carbonyl (C=O) groups excluding carboxylic acids is 5. The zero-order valence-corrected chi connectivity index (χ0v) is 28.1. The van der Waals surface area contributed by atoms with E-state index in [1.54, 1.807) is 49.1 Å². The summed E-state index contributed by atoms with van der Waals surface area (Å²) in [6.07, 6.45) is 3.60. The van der Waals surface area contributed by atoms with Gasteiger partial charge in [0.2, 0.25) is 29.5 Å². The fraction of sp³-hybridized carbons (Fsp3) is 0.606. The van der Waals surface area contributed by atoms with Crippen molar-refractivity contribution in [2.45, 2.75) is 109 Å². The van der Waals surface area contributed by atoms with Crippen LogP contribution in [-0.2, 0) is 36.9 Å². The van der Waals surface area contributed by atoms with Crippen LogP contribution in [0, 0.1) is 5.92 Å². The van der Waals surface area contributed by atoms with Crippen molar-refractivity contribution in [1.29, 1.82) is 0 Å². The molecule has 2 aromatic rings. The van der Waals surface area contributed by atoms with Crippen molar-refractivity contribution in [2.24, 2.45) is 5.92 Å². The van der Waals surface area contributed by atoms with Gasteiger partial charge in [-0.2, -0.15) is 5.10 Å². The molecule has 262 valence electrons. The van der Waals surface area contributed by atoms with Crippen LogP contribution in [0.5, 0.6) is 5.75 Å². The fourth-order valence-corrected chi connectivity index (χ4v) is 5.94. The van der Waals surface area contributed by atoms with E-state index >= 15 is 0 Å². The van der Waals surface area contributed by atoms with Crippen molar-refractivity contribution in [1.82, 2.24) is 40.9 Å². The number of hydrogen-bond acceptors (Lipinski definition) is 9. The Kier molecular flexibility index (Phi) is 12.9. The van der Waals surface area contributed by atoms with Crippen LogP contribution in [0.3, 0.4) is 0 Å². The van der Waals surface area contributed by atoms with Crippen molar-refractivity contribution in [3.05, 3.63) is 42.5 Å². The summed E-state index contributed by atoms with van der Waals surface area (Å²) in [5, 5.41) is 25.8. The molecule has 48 heavy (non-hydrogen) atoms. The van der Waals surface area contributed by atoms with Gasteiger partial charge < -0.3 is 36.0 Å². The first kappa shape index (κ1) is 36.3. The lowest BCUT2D eigenvalue weighted by atomic mass is 10.0. The topological polar surface area (TPSA) is 197 Å². The lowest BCUT2D eigenvalue weighted by Crippen LogP contribution is -2.58. The van der Waals surface area contributed by atoms with E-state index in [0.29, 0.717) is 25.1 Å². The average Bonchev–Trinajstić information content (AvgIpc) is 3.71. The molecule has 2 bridgehead atoms. The minimum atomic E-state index is -1.03. The van der Waals surface area contributed by atoms with Crippen LogP contribution in [0.1, 0.15) is 65.4 Å². The highest BCUT2D eigenvalue weighted by atomic mass is 16.5. The van der Waals surface area contributed by atoms with E-state index in [-0.39, 0.29) is 56.7 Å². The highest BCUT2D eigenvalue weighted by molar-refractivity contribution is 5.96. The molecule has 0 radical (unpaired) electrons. The van der Waals surface area contributed by atoms with Crippen LogP contribution in [0.2, 0.25) is 0 Å². The second kappa shape index (κ2) is 17.0. The number of fused-ring (bicyclic) bond motifs is 14. The molecular formula is C33H48N8O7. The number of ether oxygens (including phenoxy) is 1. The standard InChI is InChI=1S/C33H48N8O7/c1-5-26-33(47)41-16-24(42)15-28(41)32(46)36-21(4)30(44)37-23(13-20(2)3)17-48-25-10-8-22(9-11-25)14-27(31(45)39-26)38-29(43)7-6-12-40-19-34-18-35-40/h8-11,18-21,23-24,26-28,42H,5-7,12-17H2,1-4H3,(H,36,46)(H,37,44)(H,38,43)(H,39,45)/t21-,23+,24-,26+,27+,28+/m1/s1. The number of nitrogens with zero attached hydrogens (tertiary/aromatic N) is 4. The molecule has 0 aliphatic carbocycles. The van der Waals surface area contributed by atoms with Gasteiger partial charge in [0.05, 0.1) is 12.1 Å². The van der Waals surface area contributed by atoms with Gasteiger partial charge >= 0.3 is 0 Å². The number of benzene rings is 1. The van der Waals surface area contributed by atoms with E-state index < -0.39 is 53.9 Å². The summed E-state index contributed by atoms with van der Waals surface area (Å²) in [6, 6.07) is 2.80. The highest BCUT2D eigenvalue weighted by Crippen LogP contribution is 2.21. The minimum Gasteiger partial charge on any atom is -0.491 e. The first-order chi connectivity index (χ1) is 22.9. The van der Waals surface area contributed by atoms with Crippen LogP contribution < -0.4 is 26.0 Å². The van der Waals surface area contributed by atoms with Crippen molar-refractivity contribution in [3.63, 3.8) is 0 Å². The number of aliphatic hydroxyl groups is 1. The molecule has 3 aliphatic rings. The highest BCUT2D eigenvalue weighted by Gasteiger charge is 2.42. The third kappa shape index (κ3) is 10.2. The number of aliphatic hydroxyl groups excluding tert-OH is 1. The molecule has 1 aromatic heterocycles. The predicted molar refractivity (Wildman–Crippen MR) is 174 cm³/mol. The van der Waals surface area contributed by atoms with Gasteiger partial charge in [-0.05, 0) is 49.8 Å². The number of amides is 5. The number of rotatable bonds is 8. The summed E-state index contributed by atoms with van der Waals surface area (Å²) < 4.78 is 7.64. The monoisotopic (exact) mass is 668 g/mol. The molecule has 1 fully saturated rings. The largest absolute Gasteiger partial charge is 0.491 e. The Hall–Kier alpha value is -4.53. The van der Waals surface area contributed by atoms with Gasteiger partial charge in [0.15, 0.2) is 0 Å². The predicted octanol–water partition coefficient (Wildman–Crippen LogP) is 0.0704. The quantitative estimate of drug-likeness (QED) is 0.242. The molecule has 0 saturated carbocycles. The maximum absolute atomic E-state index is 13.8. The molecule has 1 aromatic carbocycles. The summed E-state index contributed by atoms with van der Waals surface area (Å²) >= 11 is 0. The van der Waals surface area contributed by atoms with E-state index in [1.807, 2.05) is 13.8 Å². The second-order valence-electron chi connectivity index (χ2n) is 13.0. The Balaban J connectivity index is 1.58. The third-order valence-corrected chi connectivity index (χ3v) is 8.47. The summed E-state index contributed by atoms with van der Waals surface area (Å²) in [4.78, 5) is 72.1. The Morgan fingerprint density at radius 1 is 1.08 bits per heavy atom. The van der Waals surface area contributed by atoms with Crippen molar-refractivity contribution < 1.29 is 33.8 Å². The molecule has 3 aliphatic heterocycles. The first-order valence-corrected chi connectivity index (χ1v) is 16.7. The molecule has 0 unspecified atom stereocenters. The lowest BCUT2D eigenvalue weighted by molar-refractivity contribution is -0.142. The Morgan fingerprint density at radius 3 is 2.50 bits per heavy atom. The number of nitrogens with one attached hydrogen (secondary N) is 4. The maximum Gasteiger partial charge on any atom is 0.245 e. The van der Waals surface area contributed by atoms with Gasteiger partial charge in [-0.1, -0.05) is 32.9 Å². The second-order valence-corrected chi connectivity index (χ2v) is 13.0. The molecule has 1 saturated heterocycles. The molecule has 4 heterocycles. The smallest absolute Gasteiger partial charge is 0.245 e. The van der Waals surface area contributed by atoms with Crippen molar-refractivity contribution in [2.75, 3.05) is 13.2 Å². The molecule has 5 amide bonds. The Labute approximate surface area is 280 Å². The molecule has 5 rings (SSSR count). The molecule has 15 heteroatoms. The van der Waals surface area contributed by atoms with Crippen molar-refractivity contribution in [3.8, 4) is 5.75 Å². The zero-order valence-electron chi connectivity index (χ0n) is 28.1. The van der Waals surface area contributed by atoms with Gasteiger partial charge in [-0.15, -0.1) is 0 Å². The number of hydrogen-bond donors (Lipinski definition) is 5. The van der Waals surface area contributed by atoms with E-state index in [2.05, 4.69) is 31.3 Å². The summed E-state index contributed by atoms with van der Waals surface area (Å²) in [5.41, 5.74) is 0.749. The van der Waals surface area contributed by atoms with Crippen LogP contribution in [-0.4, -0.2) is 104 Å². The molecule has 5 N–H and O–H groups in total. The zero-order chi connectivity index (χ0) is 34.8. The van der Waals surface area contributed by atoms with Gasteiger partial charge in [0, 0.05) is 32.4 Å². The third-order valence-electron chi connectivity index (χ3n) is 8.47. The van der Waals surface area contributed by atoms with Gasteiger partial charge in [-0.25, -0.2) is 4.98 Å². The number of aromatic nitrogens is 3. The summed E-state index contributed by atoms with van der Waals surface area (Å²) in [6.45, 7) is 7.92. The summed E-state index contributed by atoms with van der Waals surface area (Å²) in [7, 11) is 0. The summed E-state index contributed by atoms with van der Waals surface area (Å²) in [5.74, 6) is -1.59. The van der Waals surface area contributed by atoms with Crippen LogP contribution >= 0.6 is 0 Å².